The minimum atomic E-state index is -4.56. The average molecular weight is 428 g/mol. The molecule has 0 aromatic heterocycles. The normalized spacial score (nSPS) is 24.2. The zero-order chi connectivity index (χ0) is 22.3. The lowest BCUT2D eigenvalue weighted by Gasteiger charge is -2.38. The van der Waals surface area contributed by atoms with Crippen LogP contribution in [0.3, 0.4) is 0 Å². The van der Waals surface area contributed by atoms with Gasteiger partial charge < -0.3 is 24.4 Å². The molecule has 1 N–H and O–H groups in total. The minimum Gasteiger partial charge on any atom is -0.419 e. The summed E-state index contributed by atoms with van der Waals surface area (Å²) in [5.41, 5.74) is -0.735. The summed E-state index contributed by atoms with van der Waals surface area (Å²) >= 11 is 0. The number of benzene rings is 1. The molecule has 2 aliphatic heterocycles. The third kappa shape index (κ3) is 4.86. The van der Waals surface area contributed by atoms with Gasteiger partial charge in [-0.3, -0.25) is 0 Å². The number of morpholine rings is 1. The fourth-order valence-corrected chi connectivity index (χ4v) is 3.41. The molecule has 2 aliphatic rings. The number of carbonyl (C=O) groups excluding carboxylic acids is 2. The van der Waals surface area contributed by atoms with Crippen LogP contribution in [0.1, 0.15) is 33.3 Å². The van der Waals surface area contributed by atoms with E-state index in [-0.39, 0.29) is 17.9 Å². The first-order valence-corrected chi connectivity index (χ1v) is 9.41. The summed E-state index contributed by atoms with van der Waals surface area (Å²) in [6.45, 7) is 7.49. The number of nitrogens with one attached hydrogen (secondary N) is 1. The molecule has 2 heterocycles. The number of nitrogens with zero attached hydrogens (tertiary/aromatic N) is 1. The first-order valence-electron chi connectivity index (χ1n) is 9.41. The molecule has 2 saturated heterocycles. The molecule has 0 spiro atoms. The van der Waals surface area contributed by atoms with Crippen molar-refractivity contribution in [2.45, 2.75) is 51.9 Å². The van der Waals surface area contributed by atoms with Gasteiger partial charge in [-0.25, -0.2) is 9.59 Å². The maximum absolute atomic E-state index is 13.2. The van der Waals surface area contributed by atoms with Gasteiger partial charge in [0.05, 0.1) is 29.1 Å². The fourth-order valence-electron chi connectivity index (χ4n) is 3.41. The summed E-state index contributed by atoms with van der Waals surface area (Å²) in [6.07, 6.45) is -3.78. The lowest BCUT2D eigenvalue weighted by Crippen LogP contribution is -2.45. The summed E-state index contributed by atoms with van der Waals surface area (Å²) in [5, 5.41) is 2.66. The number of ether oxygens (including phenoxy) is 3. The Hall–Kier alpha value is -2.75. The highest BCUT2D eigenvalue weighted by Crippen LogP contribution is 2.36. The largest absolute Gasteiger partial charge is 0.419 e. The number of hydrogen-bond acceptors (Lipinski definition) is 7. The van der Waals surface area contributed by atoms with Crippen molar-refractivity contribution in [3.05, 3.63) is 35.5 Å². The molecule has 0 saturated carbocycles. The molecule has 0 aliphatic carbocycles. The predicted octanol–water partition coefficient (Wildman–Crippen LogP) is 3.45. The summed E-state index contributed by atoms with van der Waals surface area (Å²) in [7, 11) is 0. The molecule has 30 heavy (non-hydrogen) atoms. The molecular formula is C20H23F3N2O5. The third-order valence-electron chi connectivity index (χ3n) is 4.57. The molecule has 0 amide bonds. The molecule has 164 valence electrons. The van der Waals surface area contributed by atoms with Gasteiger partial charge in [-0.15, -0.1) is 0 Å². The zero-order valence-electron chi connectivity index (χ0n) is 17.0. The van der Waals surface area contributed by atoms with Crippen LogP contribution in [0.25, 0.3) is 0 Å². The van der Waals surface area contributed by atoms with E-state index in [4.69, 9.17) is 14.2 Å². The van der Waals surface area contributed by atoms with Crippen LogP contribution < -0.4 is 10.2 Å². The van der Waals surface area contributed by atoms with Gasteiger partial charge >= 0.3 is 18.1 Å². The third-order valence-corrected chi connectivity index (χ3v) is 4.57. The second kappa shape index (κ2) is 7.82. The lowest BCUT2D eigenvalue weighted by molar-refractivity contribution is -0.222. The van der Waals surface area contributed by atoms with Crippen LogP contribution in [0.4, 0.5) is 24.5 Å². The SMILES string of the molecule is CC1CN(c2ccc(C(F)(F)F)cc2NC=C2C(=O)OC(C)(C)OC2=O)CC(C)O1. The van der Waals surface area contributed by atoms with E-state index < -0.39 is 35.0 Å². The number of cyclic esters (lactones) is 2. The number of carbonyl (C=O) groups is 2. The quantitative estimate of drug-likeness (QED) is 0.449. The number of esters is 2. The number of hydrogen-bond donors (Lipinski definition) is 1. The van der Waals surface area contributed by atoms with Gasteiger partial charge in [0, 0.05) is 33.1 Å². The van der Waals surface area contributed by atoms with E-state index >= 15 is 0 Å². The Balaban J connectivity index is 1.95. The van der Waals surface area contributed by atoms with Crippen LogP contribution in [0.5, 0.6) is 0 Å². The summed E-state index contributed by atoms with van der Waals surface area (Å²) in [4.78, 5) is 26.1. The zero-order valence-corrected chi connectivity index (χ0v) is 17.0. The van der Waals surface area contributed by atoms with E-state index in [1.807, 2.05) is 18.7 Å². The van der Waals surface area contributed by atoms with Gasteiger partial charge in [-0.2, -0.15) is 13.2 Å². The molecule has 2 unspecified atom stereocenters. The van der Waals surface area contributed by atoms with E-state index in [2.05, 4.69) is 5.32 Å². The Bertz CT molecular complexity index is 850. The van der Waals surface area contributed by atoms with Crippen LogP contribution in [0, 0.1) is 0 Å². The second-order valence-electron chi connectivity index (χ2n) is 7.77. The summed E-state index contributed by atoms with van der Waals surface area (Å²) in [6, 6.07) is 3.28. The molecule has 0 radical (unpaired) electrons. The van der Waals surface area contributed by atoms with Gasteiger partial charge in [0.15, 0.2) is 5.57 Å². The molecule has 1 aromatic rings. The smallest absolute Gasteiger partial charge is 0.416 e. The molecule has 0 bridgehead atoms. The maximum atomic E-state index is 13.2. The Morgan fingerprint density at radius 2 is 1.67 bits per heavy atom. The molecule has 7 nitrogen and oxygen atoms in total. The van der Waals surface area contributed by atoms with Crippen molar-refractivity contribution in [2.24, 2.45) is 0 Å². The summed E-state index contributed by atoms with van der Waals surface area (Å²) < 4.78 is 55.4. The molecule has 10 heteroatoms. The molecule has 2 fully saturated rings. The van der Waals surface area contributed by atoms with Crippen LogP contribution in [0.15, 0.2) is 30.0 Å². The first-order chi connectivity index (χ1) is 13.9. The van der Waals surface area contributed by atoms with E-state index in [9.17, 15) is 22.8 Å². The van der Waals surface area contributed by atoms with Crippen molar-refractivity contribution in [3.63, 3.8) is 0 Å². The number of anilines is 2. The highest BCUT2D eigenvalue weighted by molar-refractivity contribution is 6.15. The standard InChI is InChI=1S/C20H23F3N2O5/c1-11-9-25(10-12(2)28-11)16-6-5-13(20(21,22)23)7-15(16)24-8-14-17(26)29-19(3,4)30-18(14)27/h5-8,11-12,24H,9-10H2,1-4H3. The molecule has 2 atom stereocenters. The van der Waals surface area contributed by atoms with Crippen molar-refractivity contribution in [1.82, 2.24) is 0 Å². The molecular weight excluding hydrogens is 405 g/mol. The maximum Gasteiger partial charge on any atom is 0.416 e. The monoisotopic (exact) mass is 428 g/mol. The summed E-state index contributed by atoms with van der Waals surface area (Å²) in [5.74, 6) is -3.26. The highest BCUT2D eigenvalue weighted by atomic mass is 19.4. The Morgan fingerprint density at radius 3 is 2.20 bits per heavy atom. The number of alkyl halides is 3. The average Bonchev–Trinajstić information content (AvgIpc) is 2.58. The molecule has 3 rings (SSSR count). The fraction of sp³-hybridized carbons (Fsp3) is 0.500. The number of halogens is 3. The van der Waals surface area contributed by atoms with Gasteiger partial charge in [-0.05, 0) is 32.0 Å². The van der Waals surface area contributed by atoms with Crippen molar-refractivity contribution in [1.29, 1.82) is 0 Å². The first kappa shape index (κ1) is 21.9. The van der Waals surface area contributed by atoms with Crippen molar-refractivity contribution < 1.29 is 37.0 Å². The van der Waals surface area contributed by atoms with Crippen LogP contribution in [0.2, 0.25) is 0 Å². The minimum absolute atomic E-state index is 0.0871. The van der Waals surface area contributed by atoms with Crippen LogP contribution in [-0.4, -0.2) is 43.0 Å². The van der Waals surface area contributed by atoms with Gasteiger partial charge in [0.25, 0.3) is 5.79 Å². The van der Waals surface area contributed by atoms with Gasteiger partial charge in [-0.1, -0.05) is 0 Å². The Morgan fingerprint density at radius 1 is 1.10 bits per heavy atom. The molecule has 1 aromatic carbocycles. The van der Waals surface area contributed by atoms with E-state index in [0.717, 1.165) is 18.3 Å². The second-order valence-corrected chi connectivity index (χ2v) is 7.77. The topological polar surface area (TPSA) is 77.1 Å². The van der Waals surface area contributed by atoms with Gasteiger partial charge in [0.1, 0.15) is 0 Å². The van der Waals surface area contributed by atoms with Crippen LogP contribution in [-0.2, 0) is 30.0 Å². The van der Waals surface area contributed by atoms with Gasteiger partial charge in [0.2, 0.25) is 0 Å². The highest BCUT2D eigenvalue weighted by Gasteiger charge is 2.39. The van der Waals surface area contributed by atoms with Crippen molar-refractivity contribution in [2.75, 3.05) is 23.3 Å². The Kier molecular flexibility index (Phi) is 5.72. The van der Waals surface area contributed by atoms with E-state index in [1.54, 1.807) is 0 Å². The Labute approximate surface area is 171 Å². The lowest BCUT2D eigenvalue weighted by atomic mass is 10.1. The van der Waals surface area contributed by atoms with Crippen LogP contribution >= 0.6 is 0 Å². The van der Waals surface area contributed by atoms with Crippen molar-refractivity contribution in [3.8, 4) is 0 Å². The number of rotatable bonds is 3. The van der Waals surface area contributed by atoms with Crippen molar-refractivity contribution >= 4 is 23.3 Å². The van der Waals surface area contributed by atoms with E-state index in [0.29, 0.717) is 18.8 Å². The van der Waals surface area contributed by atoms with E-state index in [1.165, 1.54) is 19.9 Å². The predicted molar refractivity (Wildman–Crippen MR) is 102 cm³/mol.